The molecule has 2 atom stereocenters. The molecule has 0 aromatic heterocycles. The Morgan fingerprint density at radius 1 is 1.22 bits per heavy atom. The number of aliphatic carboxylic acids is 1. The number of hydrogen-bond donors (Lipinski definition) is 2. The number of carboxylic acids is 1. The molecule has 1 aliphatic heterocycles. The van der Waals surface area contributed by atoms with Crippen LogP contribution in [0, 0.1) is 17.8 Å². The van der Waals surface area contributed by atoms with Crippen LogP contribution in [0.15, 0.2) is 0 Å². The third-order valence-corrected chi connectivity index (χ3v) is 5.77. The third-order valence-electron chi connectivity index (χ3n) is 5.77. The number of likely N-dealkylation sites (tertiary alicyclic amines) is 1. The summed E-state index contributed by atoms with van der Waals surface area (Å²) in [6.45, 7) is -0.655. The minimum atomic E-state index is -2.89. The Bertz CT molecular complexity index is 583. The van der Waals surface area contributed by atoms with Gasteiger partial charge in [-0.2, -0.15) is 0 Å². The summed E-state index contributed by atoms with van der Waals surface area (Å²) in [4.78, 5) is 39.5. The number of alkyl halides is 2. The van der Waals surface area contributed by atoms with Crippen LogP contribution in [-0.2, 0) is 14.4 Å². The van der Waals surface area contributed by atoms with Gasteiger partial charge in [-0.15, -0.1) is 0 Å². The van der Waals surface area contributed by atoms with E-state index in [-0.39, 0.29) is 24.8 Å². The highest BCUT2D eigenvalue weighted by Gasteiger charge is 2.46. The number of amides is 2. The van der Waals surface area contributed by atoms with Crippen molar-refractivity contribution in [3.05, 3.63) is 0 Å². The Morgan fingerprint density at radius 2 is 1.81 bits per heavy atom. The molecule has 2 N–H and O–H groups in total. The van der Waals surface area contributed by atoms with Gasteiger partial charge in [0.25, 0.3) is 5.92 Å². The van der Waals surface area contributed by atoms with E-state index < -0.39 is 42.2 Å². The second-order valence-electron chi connectivity index (χ2n) is 7.84. The van der Waals surface area contributed by atoms with Gasteiger partial charge < -0.3 is 20.1 Å². The van der Waals surface area contributed by atoms with E-state index >= 15 is 0 Å². The van der Waals surface area contributed by atoms with Gasteiger partial charge in [-0.3, -0.25) is 14.4 Å². The van der Waals surface area contributed by atoms with Crippen molar-refractivity contribution in [3.8, 4) is 0 Å². The largest absolute Gasteiger partial charge is 0.481 e. The molecule has 2 aliphatic rings. The molecule has 2 rings (SSSR count). The fourth-order valence-electron chi connectivity index (χ4n) is 4.22. The Balaban J connectivity index is 2.20. The zero-order chi connectivity index (χ0) is 20.4. The van der Waals surface area contributed by atoms with Crippen LogP contribution < -0.4 is 5.23 Å². The minimum Gasteiger partial charge on any atom is -0.481 e. The lowest BCUT2D eigenvalue weighted by atomic mass is 9.72. The van der Waals surface area contributed by atoms with E-state index in [4.69, 9.17) is 0 Å². The van der Waals surface area contributed by atoms with E-state index in [1.54, 1.807) is 22.1 Å². The van der Waals surface area contributed by atoms with E-state index in [0.717, 1.165) is 4.90 Å². The number of nitrogens with zero attached hydrogens (tertiary/aromatic N) is 2. The first kappa shape index (κ1) is 21.6. The number of nitrogens with one attached hydrogen (secondary N) is 1. The highest BCUT2D eigenvalue weighted by atomic mass is 19.3. The molecule has 1 aliphatic carbocycles. The standard InChI is InChI=1S/C17H28BF2N3O4/c1-22(2)14(24)12(10-3-5-11(6-4-10)16(26)27)13(21-18)15(25)23-8-7-17(19,20)9-23/h10-13,21H,3-9,18H2,1-2H3,(H,26,27)/t10?,11?,12-,13?/m0/s1. The van der Waals surface area contributed by atoms with Gasteiger partial charge in [0.2, 0.25) is 11.8 Å². The SMILES string of the molecule is BNC(C(=O)N1CCC(F)(F)C1)[C@@H](C(=O)N(C)C)C1CCC(C(=O)O)CC1. The molecule has 27 heavy (non-hydrogen) atoms. The van der Waals surface area contributed by atoms with Gasteiger partial charge in [0.1, 0.15) is 0 Å². The van der Waals surface area contributed by atoms with Gasteiger partial charge in [0.05, 0.1) is 24.4 Å². The molecule has 0 radical (unpaired) electrons. The highest BCUT2D eigenvalue weighted by Crippen LogP contribution is 2.37. The monoisotopic (exact) mass is 387 g/mol. The van der Waals surface area contributed by atoms with Crippen LogP contribution in [0.25, 0.3) is 0 Å². The fourth-order valence-corrected chi connectivity index (χ4v) is 4.22. The highest BCUT2D eigenvalue weighted by molar-refractivity contribution is 6.07. The van der Waals surface area contributed by atoms with E-state index in [2.05, 4.69) is 5.23 Å². The van der Waals surface area contributed by atoms with Crippen LogP contribution in [0.3, 0.4) is 0 Å². The molecule has 1 heterocycles. The minimum absolute atomic E-state index is 0.0291. The average Bonchev–Trinajstić information content (AvgIpc) is 2.98. The molecule has 0 spiro atoms. The Kier molecular flexibility index (Phi) is 6.83. The van der Waals surface area contributed by atoms with Gasteiger partial charge in [0, 0.05) is 27.1 Å². The van der Waals surface area contributed by atoms with Gasteiger partial charge >= 0.3 is 5.97 Å². The van der Waals surface area contributed by atoms with Crippen LogP contribution in [-0.4, -0.2) is 79.8 Å². The van der Waals surface area contributed by atoms with E-state index in [9.17, 15) is 28.3 Å². The lowest BCUT2D eigenvalue weighted by Crippen LogP contribution is -2.56. The summed E-state index contributed by atoms with van der Waals surface area (Å²) in [5.41, 5.74) is 0. The maximum atomic E-state index is 13.5. The second kappa shape index (κ2) is 8.54. The summed E-state index contributed by atoms with van der Waals surface area (Å²) in [6.07, 6.45) is 1.56. The molecule has 2 amide bonds. The van der Waals surface area contributed by atoms with Crippen LogP contribution in [0.1, 0.15) is 32.1 Å². The Labute approximate surface area is 158 Å². The molecule has 0 bridgehead atoms. The lowest BCUT2D eigenvalue weighted by molar-refractivity contribution is -0.146. The molecule has 1 saturated carbocycles. The molecule has 2 fully saturated rings. The van der Waals surface area contributed by atoms with Crippen molar-refractivity contribution in [2.45, 2.75) is 44.1 Å². The maximum Gasteiger partial charge on any atom is 0.306 e. The van der Waals surface area contributed by atoms with Crippen LogP contribution >= 0.6 is 0 Å². The molecule has 1 saturated heterocycles. The van der Waals surface area contributed by atoms with Crippen LogP contribution in [0.5, 0.6) is 0 Å². The number of hydrogen-bond acceptors (Lipinski definition) is 4. The summed E-state index contributed by atoms with van der Waals surface area (Å²) in [5.74, 6) is -5.78. The van der Waals surface area contributed by atoms with Crippen molar-refractivity contribution in [2.75, 3.05) is 27.2 Å². The number of carbonyl (C=O) groups excluding carboxylic acids is 2. The van der Waals surface area contributed by atoms with Gasteiger partial charge in [0.15, 0.2) is 7.98 Å². The summed E-state index contributed by atoms with van der Waals surface area (Å²) in [6, 6.07) is -0.903. The summed E-state index contributed by atoms with van der Waals surface area (Å²) in [7, 11) is 4.74. The molecule has 0 aromatic rings. The maximum absolute atomic E-state index is 13.5. The molecule has 152 valence electrons. The van der Waals surface area contributed by atoms with Crippen molar-refractivity contribution >= 4 is 25.8 Å². The zero-order valence-corrected chi connectivity index (χ0v) is 16.1. The Morgan fingerprint density at radius 3 is 2.22 bits per heavy atom. The predicted molar refractivity (Wildman–Crippen MR) is 96.9 cm³/mol. The molecule has 10 heteroatoms. The normalized spacial score (nSPS) is 27.0. The predicted octanol–water partition coefficient (Wildman–Crippen LogP) is -0.0443. The van der Waals surface area contributed by atoms with Gasteiger partial charge in [-0.05, 0) is 31.6 Å². The summed E-state index contributed by atoms with van der Waals surface area (Å²) in [5, 5.41) is 12.1. The van der Waals surface area contributed by atoms with Crippen LogP contribution in [0.2, 0.25) is 0 Å². The number of carbonyl (C=O) groups is 3. The van der Waals surface area contributed by atoms with E-state index in [0.29, 0.717) is 25.7 Å². The quantitative estimate of drug-likeness (QED) is 0.625. The van der Waals surface area contributed by atoms with Crippen molar-refractivity contribution in [1.82, 2.24) is 15.0 Å². The number of carboxylic acid groups (broad SMARTS) is 1. The molecule has 1 unspecified atom stereocenters. The number of halogens is 2. The Hall–Kier alpha value is -1.71. The topological polar surface area (TPSA) is 90.0 Å². The first-order valence-electron chi connectivity index (χ1n) is 9.35. The summed E-state index contributed by atoms with van der Waals surface area (Å²) < 4.78 is 27.1. The van der Waals surface area contributed by atoms with Crippen molar-refractivity contribution in [1.29, 1.82) is 0 Å². The third kappa shape index (κ3) is 4.97. The average molecular weight is 387 g/mol. The smallest absolute Gasteiger partial charge is 0.306 e. The molecule has 0 aromatic carbocycles. The van der Waals surface area contributed by atoms with Gasteiger partial charge in [-0.25, -0.2) is 8.78 Å². The molecular weight excluding hydrogens is 359 g/mol. The van der Waals surface area contributed by atoms with E-state index in [1.807, 2.05) is 0 Å². The first-order chi connectivity index (χ1) is 12.6. The lowest BCUT2D eigenvalue weighted by Gasteiger charge is -2.38. The fraction of sp³-hybridized carbons (Fsp3) is 0.824. The van der Waals surface area contributed by atoms with Gasteiger partial charge in [-0.1, -0.05) is 0 Å². The zero-order valence-electron chi connectivity index (χ0n) is 16.1. The first-order valence-corrected chi connectivity index (χ1v) is 9.35. The van der Waals surface area contributed by atoms with E-state index in [1.165, 1.54) is 4.90 Å². The van der Waals surface area contributed by atoms with Crippen molar-refractivity contribution in [2.24, 2.45) is 17.8 Å². The van der Waals surface area contributed by atoms with Crippen LogP contribution in [0.4, 0.5) is 8.78 Å². The number of rotatable bonds is 6. The molecule has 7 nitrogen and oxygen atoms in total. The second-order valence-corrected chi connectivity index (χ2v) is 7.84. The molecular formula is C17H28BF2N3O4. The summed E-state index contributed by atoms with van der Waals surface area (Å²) >= 11 is 0. The van der Waals surface area contributed by atoms with Crippen molar-refractivity contribution < 1.29 is 28.3 Å². The van der Waals surface area contributed by atoms with Crippen molar-refractivity contribution in [3.63, 3.8) is 0 Å².